The minimum atomic E-state index is -0.447. The Labute approximate surface area is 132 Å². The minimum Gasteiger partial charge on any atom is -0.490 e. The maximum absolute atomic E-state index is 13.8. The molecule has 0 radical (unpaired) electrons. The van der Waals surface area contributed by atoms with Gasteiger partial charge < -0.3 is 15.8 Å². The van der Waals surface area contributed by atoms with Crippen LogP contribution in [0.1, 0.15) is 18.9 Å². The largest absolute Gasteiger partial charge is 0.490 e. The Morgan fingerprint density at radius 2 is 2.00 bits per heavy atom. The molecule has 0 aliphatic rings. The topological polar surface area (TPSA) is 47.3 Å². The average molecular weight is 353 g/mol. The van der Waals surface area contributed by atoms with Gasteiger partial charge in [-0.25, -0.2) is 4.39 Å². The molecule has 0 saturated carbocycles. The first-order chi connectivity index (χ1) is 10.0. The van der Waals surface area contributed by atoms with Crippen molar-refractivity contribution < 1.29 is 9.13 Å². The summed E-state index contributed by atoms with van der Waals surface area (Å²) in [7, 11) is 0. The van der Waals surface area contributed by atoms with E-state index in [0.29, 0.717) is 18.0 Å². The second-order valence-electron chi connectivity index (χ2n) is 4.80. The lowest BCUT2D eigenvalue weighted by molar-refractivity contribution is 0.301. The third kappa shape index (κ3) is 3.88. The number of halogens is 2. The number of hydrogen-bond donors (Lipinski definition) is 2. The van der Waals surface area contributed by atoms with Gasteiger partial charge in [-0.1, -0.05) is 28.9 Å². The smallest absolute Gasteiger partial charge is 0.167 e. The van der Waals surface area contributed by atoms with Crippen molar-refractivity contribution in [1.29, 1.82) is 0 Å². The molecular formula is C16H18BrFN2O. The number of nitrogen functional groups attached to an aromatic ring is 1. The van der Waals surface area contributed by atoms with Crippen molar-refractivity contribution in [3.05, 3.63) is 46.2 Å². The summed E-state index contributed by atoms with van der Waals surface area (Å²) in [6, 6.07) is 8.77. The van der Waals surface area contributed by atoms with E-state index in [2.05, 4.69) is 21.2 Å². The van der Waals surface area contributed by atoms with E-state index >= 15 is 0 Å². The number of rotatable bonds is 5. The first-order valence-electron chi connectivity index (χ1n) is 6.76. The van der Waals surface area contributed by atoms with Gasteiger partial charge >= 0.3 is 0 Å². The van der Waals surface area contributed by atoms with Gasteiger partial charge in [-0.05, 0) is 31.0 Å². The molecule has 0 bridgehead atoms. The molecule has 0 spiro atoms. The maximum atomic E-state index is 13.8. The molecule has 21 heavy (non-hydrogen) atoms. The number of nitrogens with two attached hydrogens (primary N) is 1. The molecule has 5 heteroatoms. The first kappa shape index (κ1) is 15.6. The van der Waals surface area contributed by atoms with Crippen LogP contribution in [0.25, 0.3) is 0 Å². The Balaban J connectivity index is 2.32. The molecule has 0 aliphatic heterocycles. The quantitative estimate of drug-likeness (QED) is 0.743. The van der Waals surface area contributed by atoms with Gasteiger partial charge in [0.2, 0.25) is 0 Å². The van der Waals surface area contributed by atoms with E-state index < -0.39 is 5.82 Å². The van der Waals surface area contributed by atoms with Gasteiger partial charge in [0, 0.05) is 22.3 Å². The molecule has 3 N–H and O–H groups in total. The second-order valence-corrected chi connectivity index (χ2v) is 5.72. The van der Waals surface area contributed by atoms with Gasteiger partial charge in [0.15, 0.2) is 11.6 Å². The van der Waals surface area contributed by atoms with E-state index in [4.69, 9.17) is 10.5 Å². The maximum Gasteiger partial charge on any atom is 0.167 e. The molecule has 0 atom stereocenters. The first-order valence-corrected chi connectivity index (χ1v) is 7.55. The molecule has 2 rings (SSSR count). The zero-order valence-electron chi connectivity index (χ0n) is 12.0. The van der Waals surface area contributed by atoms with E-state index in [1.807, 2.05) is 32.0 Å². The highest BCUT2D eigenvalue weighted by Crippen LogP contribution is 2.32. The Bertz CT molecular complexity index is 646. The Morgan fingerprint density at radius 1 is 1.24 bits per heavy atom. The van der Waals surface area contributed by atoms with Gasteiger partial charge in [0.25, 0.3) is 0 Å². The molecule has 2 aromatic carbocycles. The Morgan fingerprint density at radius 3 is 2.71 bits per heavy atom. The second kappa shape index (κ2) is 6.80. The van der Waals surface area contributed by atoms with Crippen molar-refractivity contribution in [3.8, 4) is 5.75 Å². The fourth-order valence-corrected chi connectivity index (χ4v) is 2.23. The van der Waals surface area contributed by atoms with Crippen LogP contribution in [0.4, 0.5) is 21.5 Å². The fraction of sp³-hybridized carbons (Fsp3) is 0.250. The summed E-state index contributed by atoms with van der Waals surface area (Å²) in [6.45, 7) is 4.43. The van der Waals surface area contributed by atoms with Gasteiger partial charge in [0.1, 0.15) is 0 Å². The predicted octanol–water partition coefficient (Wildman–Crippen LogP) is 5.01. The fourth-order valence-electron chi connectivity index (χ4n) is 1.87. The van der Waals surface area contributed by atoms with Crippen LogP contribution in [0.5, 0.6) is 5.75 Å². The Hall–Kier alpha value is -1.75. The Kier molecular flexibility index (Phi) is 5.07. The normalized spacial score (nSPS) is 10.5. The lowest BCUT2D eigenvalue weighted by Crippen LogP contribution is -2.02. The number of nitrogens with one attached hydrogen (secondary N) is 1. The highest BCUT2D eigenvalue weighted by Gasteiger charge is 2.10. The summed E-state index contributed by atoms with van der Waals surface area (Å²) >= 11 is 3.43. The van der Waals surface area contributed by atoms with E-state index in [-0.39, 0.29) is 5.75 Å². The highest BCUT2D eigenvalue weighted by atomic mass is 79.9. The summed E-state index contributed by atoms with van der Waals surface area (Å²) in [5, 5.41) is 3.22. The van der Waals surface area contributed by atoms with Crippen molar-refractivity contribution in [2.24, 2.45) is 0 Å². The average Bonchev–Trinajstić information content (AvgIpc) is 2.44. The van der Waals surface area contributed by atoms with Crippen molar-refractivity contribution in [1.82, 2.24) is 0 Å². The molecule has 0 unspecified atom stereocenters. The third-order valence-electron chi connectivity index (χ3n) is 3.03. The highest BCUT2D eigenvalue weighted by molar-refractivity contribution is 9.10. The molecule has 0 fully saturated rings. The van der Waals surface area contributed by atoms with Crippen LogP contribution in [-0.2, 0) is 0 Å². The molecule has 112 valence electrons. The van der Waals surface area contributed by atoms with Gasteiger partial charge in [-0.3, -0.25) is 0 Å². The van der Waals surface area contributed by atoms with Crippen LogP contribution in [-0.4, -0.2) is 6.61 Å². The van der Waals surface area contributed by atoms with Crippen LogP contribution in [0.3, 0.4) is 0 Å². The number of ether oxygens (including phenoxy) is 1. The SMILES string of the molecule is CCCOc1cc(Nc2cc(Br)ccc2C)c(N)cc1F. The van der Waals surface area contributed by atoms with Crippen LogP contribution in [0, 0.1) is 12.7 Å². The van der Waals surface area contributed by atoms with Gasteiger partial charge in [-0.15, -0.1) is 0 Å². The van der Waals surface area contributed by atoms with Crippen LogP contribution >= 0.6 is 15.9 Å². The molecular weight excluding hydrogens is 335 g/mol. The molecule has 0 aromatic heterocycles. The minimum absolute atomic E-state index is 0.209. The lowest BCUT2D eigenvalue weighted by atomic mass is 10.2. The molecule has 3 nitrogen and oxygen atoms in total. The summed E-state index contributed by atoms with van der Waals surface area (Å²) in [5.74, 6) is -0.237. The standard InChI is InChI=1S/C16H18BrFN2O/c1-3-6-21-16-9-15(13(19)8-12(16)18)20-14-7-11(17)5-4-10(14)2/h4-5,7-9,20H,3,6,19H2,1-2H3. The number of anilines is 3. The van der Waals surface area contributed by atoms with Gasteiger partial charge in [-0.2, -0.15) is 0 Å². The van der Waals surface area contributed by atoms with E-state index in [9.17, 15) is 4.39 Å². The van der Waals surface area contributed by atoms with Crippen molar-refractivity contribution in [2.45, 2.75) is 20.3 Å². The zero-order chi connectivity index (χ0) is 15.4. The summed E-state index contributed by atoms with van der Waals surface area (Å²) in [6.07, 6.45) is 0.817. The number of benzene rings is 2. The monoisotopic (exact) mass is 352 g/mol. The molecule has 0 aliphatic carbocycles. The van der Waals surface area contributed by atoms with Crippen LogP contribution < -0.4 is 15.8 Å². The zero-order valence-corrected chi connectivity index (χ0v) is 13.6. The van der Waals surface area contributed by atoms with Crippen LogP contribution in [0.15, 0.2) is 34.8 Å². The van der Waals surface area contributed by atoms with Crippen molar-refractivity contribution in [3.63, 3.8) is 0 Å². The van der Waals surface area contributed by atoms with E-state index in [0.717, 1.165) is 22.1 Å². The summed E-state index contributed by atoms with van der Waals surface area (Å²) < 4.78 is 20.1. The molecule has 0 heterocycles. The summed E-state index contributed by atoms with van der Waals surface area (Å²) in [4.78, 5) is 0. The number of aryl methyl sites for hydroxylation is 1. The molecule has 0 amide bonds. The molecule has 0 saturated heterocycles. The van der Waals surface area contributed by atoms with E-state index in [1.165, 1.54) is 6.07 Å². The van der Waals surface area contributed by atoms with E-state index in [1.54, 1.807) is 6.07 Å². The summed E-state index contributed by atoms with van der Waals surface area (Å²) in [5.41, 5.74) is 8.83. The van der Waals surface area contributed by atoms with Crippen LogP contribution in [0.2, 0.25) is 0 Å². The number of hydrogen-bond acceptors (Lipinski definition) is 3. The predicted molar refractivity (Wildman–Crippen MR) is 88.8 cm³/mol. The van der Waals surface area contributed by atoms with Crippen molar-refractivity contribution in [2.75, 3.05) is 17.7 Å². The molecule has 2 aromatic rings. The van der Waals surface area contributed by atoms with Crippen molar-refractivity contribution >= 4 is 33.0 Å². The third-order valence-corrected chi connectivity index (χ3v) is 3.53. The lowest BCUT2D eigenvalue weighted by Gasteiger charge is -2.14. The van der Waals surface area contributed by atoms with Gasteiger partial charge in [0.05, 0.1) is 18.0 Å².